The predicted molar refractivity (Wildman–Crippen MR) is 169 cm³/mol. The molecule has 1 aliphatic carbocycles. The maximum atomic E-state index is 14.1. The van der Waals surface area contributed by atoms with Crippen LogP contribution >= 0.6 is 11.6 Å². The summed E-state index contributed by atoms with van der Waals surface area (Å²) >= 11 is 5.83. The third kappa shape index (κ3) is 7.64. The minimum absolute atomic E-state index is 0.0204. The van der Waals surface area contributed by atoms with Crippen LogP contribution in [0.3, 0.4) is 0 Å². The van der Waals surface area contributed by atoms with E-state index in [2.05, 4.69) is 15.5 Å². The lowest BCUT2D eigenvalue weighted by Crippen LogP contribution is -2.38. The molecule has 2 heterocycles. The van der Waals surface area contributed by atoms with Gasteiger partial charge in [0, 0.05) is 42.6 Å². The number of hydrogen-bond donors (Lipinski definition) is 1. The number of halogens is 2. The summed E-state index contributed by atoms with van der Waals surface area (Å²) in [6, 6.07) is 20.2. The van der Waals surface area contributed by atoms with Gasteiger partial charge in [0.05, 0.1) is 23.6 Å². The summed E-state index contributed by atoms with van der Waals surface area (Å²) in [5, 5.41) is 18.8. The SMILES string of the molecule is N#CCC1(Cn2c(CN3CCC(Oc4cccc(COc5ccc(Cl)cc5F)c4)CC3)nc3ccc(/C=C/C(=O)O)cc32)CC1. The predicted octanol–water partition coefficient (Wildman–Crippen LogP) is 7.24. The number of aliphatic carboxylic acids is 1. The van der Waals surface area contributed by atoms with Gasteiger partial charge < -0.3 is 19.1 Å². The first kappa shape index (κ1) is 30.6. The summed E-state index contributed by atoms with van der Waals surface area (Å²) < 4.78 is 28.3. The standard InChI is InChI=1S/C35H34ClFN4O4/c36-26-6-8-32(29(37)20-26)44-22-25-2-1-3-28(18-25)45-27-10-16-40(17-11-27)21-33-39-30-7-4-24(5-9-34(42)43)19-31(30)41(33)23-35(12-13-35)14-15-38/h1-9,18-20,27H,10-14,16-17,21-23H2,(H,42,43)/b9-5+. The second kappa shape index (κ2) is 13.3. The van der Waals surface area contributed by atoms with Crippen molar-refractivity contribution in [3.8, 4) is 17.6 Å². The third-order valence-corrected chi connectivity index (χ3v) is 8.80. The Balaban J connectivity index is 1.09. The fourth-order valence-electron chi connectivity index (χ4n) is 5.87. The highest BCUT2D eigenvalue weighted by atomic mass is 35.5. The van der Waals surface area contributed by atoms with E-state index in [0.29, 0.717) is 18.0 Å². The highest BCUT2D eigenvalue weighted by Gasteiger charge is 2.43. The molecule has 1 aromatic heterocycles. The number of imidazole rings is 1. The van der Waals surface area contributed by atoms with Crippen LogP contribution in [0.25, 0.3) is 17.1 Å². The smallest absolute Gasteiger partial charge is 0.328 e. The summed E-state index contributed by atoms with van der Waals surface area (Å²) in [6.45, 7) is 3.31. The number of carboxylic acids is 1. The van der Waals surface area contributed by atoms with E-state index < -0.39 is 11.8 Å². The zero-order valence-corrected chi connectivity index (χ0v) is 25.5. The Kier molecular flexibility index (Phi) is 9.06. The molecule has 0 atom stereocenters. The van der Waals surface area contributed by atoms with Crippen LogP contribution < -0.4 is 9.47 Å². The zero-order valence-electron chi connectivity index (χ0n) is 24.8. The summed E-state index contributed by atoms with van der Waals surface area (Å²) in [5.41, 5.74) is 3.49. The average molecular weight is 629 g/mol. The van der Waals surface area contributed by atoms with E-state index in [0.717, 1.165) is 85.1 Å². The van der Waals surface area contributed by atoms with E-state index >= 15 is 0 Å². The van der Waals surface area contributed by atoms with Gasteiger partial charge >= 0.3 is 5.97 Å². The lowest BCUT2D eigenvalue weighted by Gasteiger charge is -2.32. The van der Waals surface area contributed by atoms with Crippen molar-refractivity contribution >= 4 is 34.7 Å². The molecule has 4 aromatic rings. The number of likely N-dealkylation sites (tertiary alicyclic amines) is 1. The van der Waals surface area contributed by atoms with Crippen LogP contribution in [0.2, 0.25) is 5.02 Å². The van der Waals surface area contributed by atoms with Gasteiger partial charge in [0.15, 0.2) is 11.6 Å². The molecule has 1 saturated carbocycles. The molecule has 232 valence electrons. The maximum Gasteiger partial charge on any atom is 0.328 e. The molecule has 3 aromatic carbocycles. The number of aromatic nitrogens is 2. The molecule has 1 N–H and O–H groups in total. The topological polar surface area (TPSA) is 101 Å². The number of rotatable bonds is 12. The Labute approximate surface area is 266 Å². The number of nitrogens with zero attached hydrogens (tertiary/aromatic N) is 4. The van der Waals surface area contributed by atoms with Gasteiger partial charge in [-0.2, -0.15) is 5.26 Å². The van der Waals surface area contributed by atoms with Gasteiger partial charge in [0.25, 0.3) is 0 Å². The lowest BCUT2D eigenvalue weighted by atomic mass is 10.0. The average Bonchev–Trinajstić information content (AvgIpc) is 3.70. The van der Waals surface area contributed by atoms with Crippen LogP contribution in [-0.4, -0.2) is 44.7 Å². The molecule has 2 aliphatic rings. The summed E-state index contributed by atoms with van der Waals surface area (Å²) in [4.78, 5) is 18.4. The molecule has 45 heavy (non-hydrogen) atoms. The van der Waals surface area contributed by atoms with Gasteiger partial charge in [-0.1, -0.05) is 29.8 Å². The molecule has 1 aliphatic heterocycles. The van der Waals surface area contributed by atoms with E-state index in [1.165, 1.54) is 12.1 Å². The van der Waals surface area contributed by atoms with Crippen molar-refractivity contribution < 1.29 is 23.8 Å². The van der Waals surface area contributed by atoms with Crippen molar-refractivity contribution in [2.75, 3.05) is 13.1 Å². The van der Waals surface area contributed by atoms with Crippen LogP contribution in [-0.2, 0) is 24.5 Å². The summed E-state index contributed by atoms with van der Waals surface area (Å²) in [5.74, 6) is 0.379. The van der Waals surface area contributed by atoms with Crippen LogP contribution in [0, 0.1) is 22.6 Å². The highest BCUT2D eigenvalue weighted by Crippen LogP contribution is 2.50. The highest BCUT2D eigenvalue weighted by molar-refractivity contribution is 6.30. The normalized spacial score (nSPS) is 16.6. The van der Waals surface area contributed by atoms with Gasteiger partial charge in [0.2, 0.25) is 0 Å². The largest absolute Gasteiger partial charge is 0.490 e. The van der Waals surface area contributed by atoms with E-state index in [-0.39, 0.29) is 23.9 Å². The second-order valence-electron chi connectivity index (χ2n) is 12.0. The minimum Gasteiger partial charge on any atom is -0.490 e. The number of carboxylic acid groups (broad SMARTS) is 1. The molecule has 0 spiro atoms. The number of carbonyl (C=O) groups is 1. The molecule has 0 bridgehead atoms. The van der Waals surface area contributed by atoms with Crippen molar-refractivity contribution in [3.05, 3.63) is 94.5 Å². The third-order valence-electron chi connectivity index (χ3n) is 8.56. The molecule has 0 unspecified atom stereocenters. The number of hydrogen-bond acceptors (Lipinski definition) is 6. The Bertz CT molecular complexity index is 1770. The Morgan fingerprint density at radius 3 is 2.71 bits per heavy atom. The summed E-state index contributed by atoms with van der Waals surface area (Å²) in [6.07, 6.45) is 7.07. The first-order chi connectivity index (χ1) is 21.8. The number of nitriles is 1. The quantitative estimate of drug-likeness (QED) is 0.165. The Hall–Kier alpha value is -4.39. The van der Waals surface area contributed by atoms with Crippen molar-refractivity contribution in [1.29, 1.82) is 5.26 Å². The molecule has 10 heteroatoms. The van der Waals surface area contributed by atoms with Gasteiger partial charge in [-0.3, -0.25) is 4.90 Å². The zero-order chi connectivity index (χ0) is 31.4. The van der Waals surface area contributed by atoms with E-state index in [1.807, 2.05) is 42.5 Å². The molecular formula is C35H34ClFN4O4. The maximum absolute atomic E-state index is 14.1. The number of piperidine rings is 1. The first-order valence-corrected chi connectivity index (χ1v) is 15.5. The lowest BCUT2D eigenvalue weighted by molar-refractivity contribution is -0.131. The summed E-state index contributed by atoms with van der Waals surface area (Å²) in [7, 11) is 0. The molecule has 0 amide bonds. The number of ether oxygens (including phenoxy) is 2. The van der Waals surface area contributed by atoms with Gasteiger partial charge in [-0.05, 0) is 85.4 Å². The molecule has 0 radical (unpaired) electrons. The first-order valence-electron chi connectivity index (χ1n) is 15.1. The minimum atomic E-state index is -0.991. The van der Waals surface area contributed by atoms with Crippen molar-refractivity contribution in [1.82, 2.24) is 14.5 Å². The molecule has 2 fully saturated rings. The van der Waals surface area contributed by atoms with Crippen LogP contribution in [0.5, 0.6) is 11.5 Å². The fourth-order valence-corrected chi connectivity index (χ4v) is 6.03. The monoisotopic (exact) mass is 628 g/mol. The van der Waals surface area contributed by atoms with Crippen molar-refractivity contribution in [2.24, 2.45) is 5.41 Å². The Morgan fingerprint density at radius 1 is 1.16 bits per heavy atom. The van der Waals surface area contributed by atoms with Gasteiger partial charge in [-0.15, -0.1) is 0 Å². The van der Waals surface area contributed by atoms with Crippen molar-refractivity contribution in [3.63, 3.8) is 0 Å². The molecule has 1 saturated heterocycles. The van der Waals surface area contributed by atoms with E-state index in [4.69, 9.17) is 31.2 Å². The van der Waals surface area contributed by atoms with Gasteiger partial charge in [-0.25, -0.2) is 14.2 Å². The van der Waals surface area contributed by atoms with Crippen LogP contribution in [0.1, 0.15) is 49.1 Å². The Morgan fingerprint density at radius 2 is 1.98 bits per heavy atom. The van der Waals surface area contributed by atoms with Crippen molar-refractivity contribution in [2.45, 2.75) is 57.9 Å². The van der Waals surface area contributed by atoms with E-state index in [9.17, 15) is 14.4 Å². The second-order valence-corrected chi connectivity index (χ2v) is 12.4. The molecular weight excluding hydrogens is 595 g/mol. The van der Waals surface area contributed by atoms with Crippen LogP contribution in [0.4, 0.5) is 4.39 Å². The molecule has 6 rings (SSSR count). The number of fused-ring (bicyclic) bond motifs is 1. The fraction of sp³-hybridized carbons (Fsp3) is 0.343. The van der Waals surface area contributed by atoms with Gasteiger partial charge in [0.1, 0.15) is 24.3 Å². The van der Waals surface area contributed by atoms with E-state index in [1.54, 1.807) is 12.1 Å². The number of benzene rings is 3. The molecule has 8 nitrogen and oxygen atoms in total. The van der Waals surface area contributed by atoms with Crippen LogP contribution in [0.15, 0.2) is 66.7 Å².